The second-order valence-corrected chi connectivity index (χ2v) is 9.43. The molecule has 0 aromatic carbocycles. The van der Waals surface area contributed by atoms with E-state index in [1.807, 2.05) is 0 Å². The van der Waals surface area contributed by atoms with Gasteiger partial charge in [0.05, 0.1) is 24.4 Å². The minimum Gasteiger partial charge on any atom is -0.367 e. The Hall–Kier alpha value is -2.93. The van der Waals surface area contributed by atoms with Gasteiger partial charge in [-0.25, -0.2) is 15.1 Å². The lowest BCUT2D eigenvalue weighted by Crippen LogP contribution is -2.22. The maximum Gasteiger partial charge on any atom is 0.333 e. The molecular formula is C20H22ClN7O4S. The molecule has 3 N–H and O–H groups in total. The molecule has 0 bridgehead atoms. The van der Waals surface area contributed by atoms with Crippen molar-refractivity contribution in [2.45, 2.75) is 31.8 Å². The second-order valence-electron chi connectivity index (χ2n) is 7.78. The fraction of sp³-hybridized carbons (Fsp3) is 0.350. The van der Waals surface area contributed by atoms with Crippen LogP contribution in [0.25, 0.3) is 0 Å². The maximum atomic E-state index is 13.1. The van der Waals surface area contributed by atoms with Crippen LogP contribution in [0.1, 0.15) is 41.0 Å². The van der Waals surface area contributed by atoms with Crippen molar-refractivity contribution >= 4 is 33.5 Å². The van der Waals surface area contributed by atoms with Crippen LogP contribution in [0.2, 0.25) is 5.02 Å². The van der Waals surface area contributed by atoms with Gasteiger partial charge in [-0.1, -0.05) is 11.6 Å². The highest BCUT2D eigenvalue weighted by molar-refractivity contribution is 7.84. The van der Waals surface area contributed by atoms with Crippen LogP contribution in [0.15, 0.2) is 43.1 Å². The van der Waals surface area contributed by atoms with E-state index >= 15 is 0 Å². The van der Waals surface area contributed by atoms with E-state index in [9.17, 15) is 13.2 Å². The van der Waals surface area contributed by atoms with Crippen LogP contribution in [-0.2, 0) is 21.0 Å². The third kappa shape index (κ3) is 6.32. The lowest BCUT2D eigenvalue weighted by molar-refractivity contribution is 0.103. The standard InChI is InChI=1S/C20H22ClN7O4S/c21-14-3-5-24-16(8-14)10-28-6-4-18(27-28)19(29)17-9-23-12-25-20(17)26-15-2-1-13(7-15)11-32-33(22,30)31/h3-6,8-9,12-13,15H,1-2,7,10-11H2,(H2,22,30,31)(H,23,25,26). The van der Waals surface area contributed by atoms with Crippen LogP contribution in [0.4, 0.5) is 5.82 Å². The molecule has 1 aliphatic rings. The predicted octanol–water partition coefficient (Wildman–Crippen LogP) is 1.80. The van der Waals surface area contributed by atoms with Crippen molar-refractivity contribution in [2.75, 3.05) is 11.9 Å². The highest BCUT2D eigenvalue weighted by Gasteiger charge is 2.28. The van der Waals surface area contributed by atoms with Crippen LogP contribution in [0, 0.1) is 5.92 Å². The first-order valence-electron chi connectivity index (χ1n) is 10.2. The van der Waals surface area contributed by atoms with E-state index in [0.717, 1.165) is 18.5 Å². The van der Waals surface area contributed by atoms with Crippen molar-refractivity contribution < 1.29 is 17.4 Å². The molecule has 13 heteroatoms. The number of nitrogens with one attached hydrogen (secondary N) is 1. The zero-order valence-electron chi connectivity index (χ0n) is 17.5. The van der Waals surface area contributed by atoms with Crippen molar-refractivity contribution in [3.63, 3.8) is 0 Å². The van der Waals surface area contributed by atoms with Gasteiger partial charge in [0.2, 0.25) is 5.78 Å². The Kier molecular flexibility index (Phi) is 6.98. The van der Waals surface area contributed by atoms with Crippen molar-refractivity contribution in [1.29, 1.82) is 0 Å². The summed E-state index contributed by atoms with van der Waals surface area (Å²) in [5.41, 5.74) is 1.27. The van der Waals surface area contributed by atoms with Crippen molar-refractivity contribution in [2.24, 2.45) is 11.1 Å². The average molecular weight is 492 g/mol. The van der Waals surface area contributed by atoms with Gasteiger partial charge in [-0.2, -0.15) is 13.5 Å². The van der Waals surface area contributed by atoms with E-state index in [-0.39, 0.29) is 30.0 Å². The van der Waals surface area contributed by atoms with Crippen LogP contribution in [-0.4, -0.2) is 51.6 Å². The highest BCUT2D eigenvalue weighted by atomic mass is 35.5. The van der Waals surface area contributed by atoms with Crippen molar-refractivity contribution in [3.05, 3.63) is 65.1 Å². The molecule has 33 heavy (non-hydrogen) atoms. The Morgan fingerprint density at radius 3 is 2.94 bits per heavy atom. The smallest absolute Gasteiger partial charge is 0.333 e. The molecule has 3 heterocycles. The van der Waals surface area contributed by atoms with Gasteiger partial charge in [0.1, 0.15) is 17.8 Å². The Bertz CT molecular complexity index is 1250. The lowest BCUT2D eigenvalue weighted by atomic mass is 10.1. The lowest BCUT2D eigenvalue weighted by Gasteiger charge is -2.15. The average Bonchev–Trinajstić information content (AvgIpc) is 3.41. The zero-order valence-corrected chi connectivity index (χ0v) is 19.0. The van der Waals surface area contributed by atoms with Gasteiger partial charge in [0.15, 0.2) is 0 Å². The van der Waals surface area contributed by atoms with Gasteiger partial charge >= 0.3 is 10.3 Å². The van der Waals surface area contributed by atoms with E-state index in [1.54, 1.807) is 35.3 Å². The second kappa shape index (κ2) is 9.91. The molecule has 1 saturated carbocycles. The first kappa shape index (κ1) is 23.2. The molecule has 3 aromatic heterocycles. The quantitative estimate of drug-likeness (QED) is 0.426. The molecular weight excluding hydrogens is 470 g/mol. The third-order valence-electron chi connectivity index (χ3n) is 5.28. The van der Waals surface area contributed by atoms with Gasteiger partial charge in [-0.05, 0) is 43.4 Å². The van der Waals surface area contributed by atoms with Gasteiger partial charge in [0.25, 0.3) is 0 Å². The summed E-state index contributed by atoms with van der Waals surface area (Å²) < 4.78 is 28.3. The number of carbonyl (C=O) groups is 1. The summed E-state index contributed by atoms with van der Waals surface area (Å²) >= 11 is 6.00. The fourth-order valence-electron chi connectivity index (χ4n) is 3.76. The number of pyridine rings is 1. The number of carbonyl (C=O) groups excluding carboxylic acids is 1. The first-order chi connectivity index (χ1) is 15.8. The largest absolute Gasteiger partial charge is 0.367 e. The van der Waals surface area contributed by atoms with Crippen LogP contribution < -0.4 is 10.5 Å². The van der Waals surface area contributed by atoms with E-state index in [2.05, 4.69) is 25.4 Å². The number of nitrogens with two attached hydrogens (primary N) is 1. The molecule has 0 amide bonds. The molecule has 174 valence electrons. The molecule has 0 radical (unpaired) electrons. The van der Waals surface area contributed by atoms with E-state index in [1.165, 1.54) is 12.5 Å². The Morgan fingerprint density at radius 2 is 2.15 bits per heavy atom. The summed E-state index contributed by atoms with van der Waals surface area (Å²) in [6.07, 6.45) is 8.32. The molecule has 2 unspecified atom stereocenters. The van der Waals surface area contributed by atoms with Crippen molar-refractivity contribution in [1.82, 2.24) is 24.7 Å². The third-order valence-corrected chi connectivity index (χ3v) is 5.98. The normalized spacial score (nSPS) is 18.4. The maximum absolute atomic E-state index is 13.1. The van der Waals surface area contributed by atoms with Crippen LogP contribution in [0.5, 0.6) is 0 Å². The Balaban J connectivity index is 1.42. The first-order valence-corrected chi connectivity index (χ1v) is 12.0. The Labute approximate surface area is 195 Å². The molecule has 2 atom stereocenters. The molecule has 0 aliphatic heterocycles. The zero-order chi connectivity index (χ0) is 23.4. The molecule has 0 spiro atoms. The summed E-state index contributed by atoms with van der Waals surface area (Å²) in [6.45, 7) is 0.403. The van der Waals surface area contributed by atoms with E-state index in [0.29, 0.717) is 29.4 Å². The highest BCUT2D eigenvalue weighted by Crippen LogP contribution is 2.29. The van der Waals surface area contributed by atoms with Gasteiger partial charge in [-0.3, -0.25) is 18.6 Å². The topological polar surface area (TPSA) is 155 Å². The molecule has 3 aromatic rings. The SMILES string of the molecule is NS(=O)(=O)OCC1CCC(Nc2ncncc2C(=O)c2ccn(Cc3cc(Cl)ccn3)n2)C1. The monoisotopic (exact) mass is 491 g/mol. The number of ketones is 1. The van der Waals surface area contributed by atoms with Crippen molar-refractivity contribution in [3.8, 4) is 0 Å². The minimum absolute atomic E-state index is 0.00647. The van der Waals surface area contributed by atoms with Gasteiger partial charge in [0, 0.05) is 29.7 Å². The van der Waals surface area contributed by atoms with E-state index < -0.39 is 10.3 Å². The van der Waals surface area contributed by atoms with Gasteiger partial charge < -0.3 is 5.32 Å². The molecule has 4 rings (SSSR count). The number of anilines is 1. The number of rotatable bonds is 9. The number of nitrogens with zero attached hydrogens (tertiary/aromatic N) is 5. The molecule has 1 fully saturated rings. The molecule has 0 saturated heterocycles. The number of halogens is 1. The number of aromatic nitrogens is 5. The van der Waals surface area contributed by atoms with Crippen LogP contribution in [0.3, 0.4) is 0 Å². The molecule has 11 nitrogen and oxygen atoms in total. The van der Waals surface area contributed by atoms with Crippen LogP contribution >= 0.6 is 11.6 Å². The molecule has 1 aliphatic carbocycles. The van der Waals surface area contributed by atoms with Gasteiger partial charge in [-0.15, -0.1) is 0 Å². The summed E-state index contributed by atoms with van der Waals surface area (Å²) in [5.74, 6) is 0.125. The minimum atomic E-state index is -3.96. The summed E-state index contributed by atoms with van der Waals surface area (Å²) in [4.78, 5) is 25.6. The Morgan fingerprint density at radius 1 is 1.30 bits per heavy atom. The fourth-order valence-corrected chi connectivity index (χ4v) is 4.33. The summed E-state index contributed by atoms with van der Waals surface area (Å²) in [7, 11) is -3.96. The summed E-state index contributed by atoms with van der Waals surface area (Å²) in [5, 5.41) is 13.1. The predicted molar refractivity (Wildman–Crippen MR) is 120 cm³/mol. The number of hydrogen-bond acceptors (Lipinski definition) is 9. The van der Waals surface area contributed by atoms with E-state index in [4.69, 9.17) is 20.9 Å². The number of hydrogen-bond donors (Lipinski definition) is 2. The summed E-state index contributed by atoms with van der Waals surface area (Å²) in [6, 6.07) is 5.06.